The summed E-state index contributed by atoms with van der Waals surface area (Å²) in [5.74, 6) is -1.83. The van der Waals surface area contributed by atoms with Gasteiger partial charge in [-0.3, -0.25) is 14.4 Å². The SMILES string of the molecule is Cc1ccccc1C(=O)OCC(=O)Nc1cccc2c1C(=O)c1ccccc1C2=O. The molecule has 0 unspecified atom stereocenters. The summed E-state index contributed by atoms with van der Waals surface area (Å²) in [6.07, 6.45) is 0. The fourth-order valence-electron chi connectivity index (χ4n) is 3.45. The number of ether oxygens (including phenoxy) is 1. The highest BCUT2D eigenvalue weighted by atomic mass is 16.5. The average Bonchev–Trinajstić information content (AvgIpc) is 2.76. The number of rotatable bonds is 4. The second-order valence-corrected chi connectivity index (χ2v) is 6.87. The summed E-state index contributed by atoms with van der Waals surface area (Å²) in [7, 11) is 0. The minimum Gasteiger partial charge on any atom is -0.452 e. The molecule has 3 aromatic rings. The average molecular weight is 399 g/mol. The number of esters is 1. The molecule has 0 bridgehead atoms. The van der Waals surface area contributed by atoms with Gasteiger partial charge in [0.15, 0.2) is 18.2 Å². The van der Waals surface area contributed by atoms with E-state index in [0.29, 0.717) is 16.7 Å². The molecule has 0 atom stereocenters. The Labute approximate surface area is 172 Å². The van der Waals surface area contributed by atoms with Crippen LogP contribution < -0.4 is 5.32 Å². The van der Waals surface area contributed by atoms with Gasteiger partial charge < -0.3 is 10.1 Å². The van der Waals surface area contributed by atoms with E-state index in [4.69, 9.17) is 4.74 Å². The van der Waals surface area contributed by atoms with Crippen LogP contribution in [-0.4, -0.2) is 30.0 Å². The van der Waals surface area contributed by atoms with Crippen molar-refractivity contribution in [3.05, 3.63) is 100 Å². The largest absolute Gasteiger partial charge is 0.452 e. The normalized spacial score (nSPS) is 12.0. The zero-order valence-corrected chi connectivity index (χ0v) is 16.1. The molecule has 0 fully saturated rings. The molecule has 0 aliphatic heterocycles. The van der Waals surface area contributed by atoms with Crippen molar-refractivity contribution < 1.29 is 23.9 Å². The van der Waals surface area contributed by atoms with Gasteiger partial charge in [-0.15, -0.1) is 0 Å². The van der Waals surface area contributed by atoms with E-state index in [1.54, 1.807) is 73.7 Å². The van der Waals surface area contributed by atoms with E-state index in [9.17, 15) is 19.2 Å². The van der Waals surface area contributed by atoms with Crippen LogP contribution in [0.25, 0.3) is 0 Å². The molecule has 1 amide bonds. The Hall–Kier alpha value is -4.06. The van der Waals surface area contributed by atoms with Crippen LogP contribution in [0.1, 0.15) is 47.8 Å². The number of ketones is 2. The van der Waals surface area contributed by atoms with Crippen LogP contribution in [-0.2, 0) is 9.53 Å². The van der Waals surface area contributed by atoms with Crippen LogP contribution in [0.4, 0.5) is 5.69 Å². The molecule has 30 heavy (non-hydrogen) atoms. The van der Waals surface area contributed by atoms with Crippen molar-refractivity contribution in [2.75, 3.05) is 11.9 Å². The van der Waals surface area contributed by atoms with E-state index < -0.39 is 18.5 Å². The lowest BCUT2D eigenvalue weighted by atomic mass is 9.83. The quantitative estimate of drug-likeness (QED) is 0.530. The smallest absolute Gasteiger partial charge is 0.338 e. The number of carbonyl (C=O) groups is 4. The molecule has 4 rings (SSSR count). The summed E-state index contributed by atoms with van der Waals surface area (Å²) in [5.41, 5.74) is 2.32. The lowest BCUT2D eigenvalue weighted by Gasteiger charge is -2.20. The first-order valence-electron chi connectivity index (χ1n) is 9.31. The fourth-order valence-corrected chi connectivity index (χ4v) is 3.45. The van der Waals surface area contributed by atoms with Gasteiger partial charge in [0, 0.05) is 16.7 Å². The summed E-state index contributed by atoms with van der Waals surface area (Å²) in [6, 6.07) is 18.2. The fraction of sp³-hybridized carbons (Fsp3) is 0.0833. The number of hydrogen-bond acceptors (Lipinski definition) is 5. The van der Waals surface area contributed by atoms with E-state index in [0.717, 1.165) is 5.56 Å². The highest BCUT2D eigenvalue weighted by molar-refractivity contribution is 6.30. The van der Waals surface area contributed by atoms with Crippen molar-refractivity contribution in [3.63, 3.8) is 0 Å². The number of hydrogen-bond donors (Lipinski definition) is 1. The Kier molecular flexibility index (Phi) is 4.98. The topological polar surface area (TPSA) is 89.5 Å². The number of carbonyl (C=O) groups excluding carboxylic acids is 4. The molecule has 0 saturated heterocycles. The molecule has 3 aromatic carbocycles. The summed E-state index contributed by atoms with van der Waals surface area (Å²) < 4.78 is 5.09. The van der Waals surface area contributed by atoms with E-state index >= 15 is 0 Å². The Bertz CT molecular complexity index is 1210. The first-order valence-corrected chi connectivity index (χ1v) is 9.31. The van der Waals surface area contributed by atoms with Crippen LogP contribution in [0.3, 0.4) is 0 Å². The third-order valence-electron chi connectivity index (χ3n) is 4.93. The molecule has 148 valence electrons. The molecular formula is C24H17NO5. The van der Waals surface area contributed by atoms with Gasteiger partial charge in [-0.1, -0.05) is 54.6 Å². The van der Waals surface area contributed by atoms with Crippen LogP contribution in [0.5, 0.6) is 0 Å². The number of anilines is 1. The number of fused-ring (bicyclic) bond motifs is 2. The zero-order chi connectivity index (χ0) is 21.3. The summed E-state index contributed by atoms with van der Waals surface area (Å²) >= 11 is 0. The second-order valence-electron chi connectivity index (χ2n) is 6.87. The monoisotopic (exact) mass is 399 g/mol. The molecule has 0 radical (unpaired) electrons. The first kappa shape index (κ1) is 19.3. The van der Waals surface area contributed by atoms with Crippen molar-refractivity contribution >= 4 is 29.1 Å². The zero-order valence-electron chi connectivity index (χ0n) is 16.1. The van der Waals surface area contributed by atoms with Crippen molar-refractivity contribution in [2.24, 2.45) is 0 Å². The summed E-state index contributed by atoms with van der Waals surface area (Å²) in [4.78, 5) is 50.3. The molecule has 0 saturated carbocycles. The maximum atomic E-state index is 13.0. The maximum Gasteiger partial charge on any atom is 0.338 e. The highest BCUT2D eigenvalue weighted by Gasteiger charge is 2.31. The number of amides is 1. The Morgan fingerprint density at radius 2 is 1.43 bits per heavy atom. The highest BCUT2D eigenvalue weighted by Crippen LogP contribution is 2.31. The minimum atomic E-state index is -0.612. The van der Waals surface area contributed by atoms with Crippen LogP contribution >= 0.6 is 0 Å². The molecule has 0 heterocycles. The van der Waals surface area contributed by atoms with Gasteiger partial charge >= 0.3 is 5.97 Å². The van der Waals surface area contributed by atoms with Gasteiger partial charge in [0.2, 0.25) is 0 Å². The lowest BCUT2D eigenvalue weighted by Crippen LogP contribution is -2.26. The third kappa shape index (κ3) is 3.39. The Morgan fingerprint density at radius 1 is 0.800 bits per heavy atom. The molecular weight excluding hydrogens is 382 g/mol. The summed E-state index contributed by atoms with van der Waals surface area (Å²) in [5, 5.41) is 2.58. The Morgan fingerprint density at radius 3 is 2.17 bits per heavy atom. The maximum absolute atomic E-state index is 13.0. The molecule has 0 spiro atoms. The molecule has 1 aliphatic carbocycles. The molecule has 0 aromatic heterocycles. The molecule has 6 heteroatoms. The molecule has 1 N–H and O–H groups in total. The van der Waals surface area contributed by atoms with Gasteiger partial charge in [0.05, 0.1) is 16.8 Å². The van der Waals surface area contributed by atoms with Gasteiger partial charge in [-0.05, 0) is 24.6 Å². The van der Waals surface area contributed by atoms with Crippen LogP contribution in [0, 0.1) is 6.92 Å². The molecule has 1 aliphatic rings. The van der Waals surface area contributed by atoms with Crippen LogP contribution in [0.2, 0.25) is 0 Å². The van der Waals surface area contributed by atoms with Crippen LogP contribution in [0.15, 0.2) is 66.7 Å². The van der Waals surface area contributed by atoms with Crippen molar-refractivity contribution in [2.45, 2.75) is 6.92 Å². The third-order valence-corrected chi connectivity index (χ3v) is 4.93. The number of aryl methyl sites for hydroxylation is 1. The first-order chi connectivity index (χ1) is 14.5. The van der Waals surface area contributed by atoms with E-state index in [1.165, 1.54) is 0 Å². The van der Waals surface area contributed by atoms with Crippen molar-refractivity contribution in [1.29, 1.82) is 0 Å². The van der Waals surface area contributed by atoms with Crippen molar-refractivity contribution in [3.8, 4) is 0 Å². The predicted octanol–water partition coefficient (Wildman–Crippen LogP) is 3.57. The minimum absolute atomic E-state index is 0.139. The molecule has 6 nitrogen and oxygen atoms in total. The van der Waals surface area contributed by atoms with Gasteiger partial charge in [-0.2, -0.15) is 0 Å². The second kappa shape index (κ2) is 7.75. The Balaban J connectivity index is 1.53. The van der Waals surface area contributed by atoms with E-state index in [-0.39, 0.29) is 28.4 Å². The predicted molar refractivity (Wildman–Crippen MR) is 110 cm³/mol. The van der Waals surface area contributed by atoms with E-state index in [2.05, 4.69) is 5.32 Å². The van der Waals surface area contributed by atoms with Gasteiger partial charge in [0.1, 0.15) is 0 Å². The number of nitrogens with one attached hydrogen (secondary N) is 1. The number of benzene rings is 3. The lowest BCUT2D eigenvalue weighted by molar-refractivity contribution is -0.119. The van der Waals surface area contributed by atoms with Gasteiger partial charge in [0.25, 0.3) is 5.91 Å². The summed E-state index contributed by atoms with van der Waals surface area (Å²) in [6.45, 7) is 1.25. The van der Waals surface area contributed by atoms with E-state index in [1.807, 2.05) is 0 Å². The van der Waals surface area contributed by atoms with Gasteiger partial charge in [-0.25, -0.2) is 4.79 Å². The van der Waals surface area contributed by atoms with Crippen molar-refractivity contribution in [1.82, 2.24) is 0 Å². The standard InChI is InChI=1S/C24H17NO5/c1-14-7-2-3-8-15(14)24(29)30-13-20(26)25-19-12-6-11-18-21(19)23(28)17-10-5-4-9-16(17)22(18)27/h2-12H,13H2,1H3,(H,25,26).